The molecule has 0 radical (unpaired) electrons. The quantitative estimate of drug-likeness (QED) is 0.580. The van der Waals surface area contributed by atoms with Crippen molar-refractivity contribution in [1.29, 1.82) is 0 Å². The highest BCUT2D eigenvalue weighted by Crippen LogP contribution is 2.31. The number of benzene rings is 2. The van der Waals surface area contributed by atoms with Crippen LogP contribution in [0.1, 0.15) is 26.3 Å². The van der Waals surface area contributed by atoms with Crippen molar-refractivity contribution < 1.29 is 19.7 Å². The Balaban J connectivity index is 2.22. The van der Waals surface area contributed by atoms with Crippen LogP contribution in [0.2, 0.25) is 0 Å². The number of nitrogens with zero attached hydrogens (tertiary/aromatic N) is 1. The minimum absolute atomic E-state index is 0.0557. The van der Waals surface area contributed by atoms with Gasteiger partial charge >= 0.3 is 6.09 Å². The summed E-state index contributed by atoms with van der Waals surface area (Å²) in [5.41, 5.74) is 6.51. The van der Waals surface area contributed by atoms with Crippen LogP contribution in [-0.2, 0) is 6.54 Å². The third-order valence-corrected chi connectivity index (χ3v) is 3.50. The standard InChI is InChI=1S/C18H22N2O4/c1-18(2,3)20(17(22)23)11-12-5-4-6-14(9-12)24-16-10-13(21)7-8-15(16)19/h4-10,21H,11,19H2,1-3H3,(H,22,23). The fourth-order valence-corrected chi connectivity index (χ4v) is 2.22. The summed E-state index contributed by atoms with van der Waals surface area (Å²) in [5, 5.41) is 18.9. The third kappa shape index (κ3) is 4.32. The lowest BCUT2D eigenvalue weighted by Crippen LogP contribution is -2.44. The second-order valence-electron chi connectivity index (χ2n) is 6.51. The molecule has 0 aliphatic rings. The monoisotopic (exact) mass is 330 g/mol. The van der Waals surface area contributed by atoms with Crippen molar-refractivity contribution in [3.63, 3.8) is 0 Å². The predicted octanol–water partition coefficient (Wildman–Crippen LogP) is 4.05. The normalized spacial score (nSPS) is 11.1. The molecule has 2 rings (SSSR count). The summed E-state index contributed by atoms with van der Waals surface area (Å²) >= 11 is 0. The number of carbonyl (C=O) groups is 1. The Morgan fingerprint density at radius 1 is 1.21 bits per heavy atom. The molecule has 0 saturated carbocycles. The zero-order valence-electron chi connectivity index (χ0n) is 14.0. The first-order valence-corrected chi connectivity index (χ1v) is 7.52. The van der Waals surface area contributed by atoms with E-state index in [1.54, 1.807) is 24.3 Å². The highest BCUT2D eigenvalue weighted by atomic mass is 16.5. The third-order valence-electron chi connectivity index (χ3n) is 3.50. The number of phenolic OH excluding ortho intramolecular Hbond substituents is 1. The van der Waals surface area contributed by atoms with Gasteiger partial charge in [0, 0.05) is 18.2 Å². The van der Waals surface area contributed by atoms with Crippen LogP contribution < -0.4 is 10.5 Å². The summed E-state index contributed by atoms with van der Waals surface area (Å²) < 4.78 is 5.71. The van der Waals surface area contributed by atoms with E-state index >= 15 is 0 Å². The molecule has 2 aromatic rings. The van der Waals surface area contributed by atoms with Crippen molar-refractivity contribution in [3.05, 3.63) is 48.0 Å². The number of anilines is 1. The van der Waals surface area contributed by atoms with Gasteiger partial charge in [0.2, 0.25) is 0 Å². The van der Waals surface area contributed by atoms with Crippen LogP contribution in [-0.4, -0.2) is 26.7 Å². The summed E-state index contributed by atoms with van der Waals surface area (Å²) in [5.74, 6) is 0.919. The smallest absolute Gasteiger partial charge is 0.408 e. The Kier molecular flexibility index (Phi) is 4.87. The van der Waals surface area contributed by atoms with Crippen LogP contribution in [0.3, 0.4) is 0 Å². The lowest BCUT2D eigenvalue weighted by Gasteiger charge is -2.33. The van der Waals surface area contributed by atoms with E-state index in [1.165, 1.54) is 17.0 Å². The molecule has 24 heavy (non-hydrogen) atoms. The lowest BCUT2D eigenvalue weighted by molar-refractivity contribution is 0.0955. The first-order chi connectivity index (χ1) is 11.2. The van der Waals surface area contributed by atoms with Crippen LogP contribution in [0.25, 0.3) is 0 Å². The number of nitrogen functional groups attached to an aromatic ring is 1. The first kappa shape index (κ1) is 17.5. The van der Waals surface area contributed by atoms with Gasteiger partial charge in [-0.25, -0.2) is 4.79 Å². The van der Waals surface area contributed by atoms with Crippen molar-refractivity contribution in [3.8, 4) is 17.2 Å². The van der Waals surface area contributed by atoms with Gasteiger partial charge in [-0.2, -0.15) is 0 Å². The number of rotatable bonds is 4. The zero-order chi connectivity index (χ0) is 17.9. The zero-order valence-corrected chi connectivity index (χ0v) is 14.0. The molecule has 1 amide bonds. The van der Waals surface area contributed by atoms with E-state index in [0.717, 1.165) is 5.56 Å². The van der Waals surface area contributed by atoms with E-state index < -0.39 is 11.6 Å². The predicted molar refractivity (Wildman–Crippen MR) is 92.4 cm³/mol. The van der Waals surface area contributed by atoms with E-state index in [9.17, 15) is 15.0 Å². The van der Waals surface area contributed by atoms with Gasteiger partial charge in [0.1, 0.15) is 11.5 Å². The number of phenols is 1. The Morgan fingerprint density at radius 3 is 2.54 bits per heavy atom. The van der Waals surface area contributed by atoms with E-state index in [2.05, 4.69) is 0 Å². The van der Waals surface area contributed by atoms with Gasteiger partial charge in [-0.3, -0.25) is 4.90 Å². The minimum atomic E-state index is -0.981. The largest absolute Gasteiger partial charge is 0.508 e. The number of hydrogen-bond donors (Lipinski definition) is 3. The van der Waals surface area contributed by atoms with Gasteiger partial charge in [-0.1, -0.05) is 12.1 Å². The molecule has 0 spiro atoms. The number of carboxylic acid groups (broad SMARTS) is 1. The molecular weight excluding hydrogens is 308 g/mol. The Morgan fingerprint density at radius 2 is 1.92 bits per heavy atom. The summed E-state index contributed by atoms with van der Waals surface area (Å²) in [6.07, 6.45) is -0.981. The fourth-order valence-electron chi connectivity index (χ4n) is 2.22. The molecule has 6 nitrogen and oxygen atoms in total. The van der Waals surface area contributed by atoms with Gasteiger partial charge in [0.05, 0.1) is 5.69 Å². The minimum Gasteiger partial charge on any atom is -0.508 e. The molecule has 0 fully saturated rings. The summed E-state index contributed by atoms with van der Waals surface area (Å²) in [6.45, 7) is 5.77. The van der Waals surface area contributed by atoms with Crippen LogP contribution in [0.4, 0.5) is 10.5 Å². The van der Waals surface area contributed by atoms with Gasteiger partial charge in [0.25, 0.3) is 0 Å². The highest BCUT2D eigenvalue weighted by molar-refractivity contribution is 5.66. The molecule has 0 unspecified atom stereocenters. The number of ether oxygens (including phenoxy) is 1. The van der Waals surface area contributed by atoms with Crippen molar-refractivity contribution in [2.75, 3.05) is 5.73 Å². The Labute approximate surface area is 141 Å². The van der Waals surface area contributed by atoms with Crippen LogP contribution in [0, 0.1) is 0 Å². The maximum absolute atomic E-state index is 11.5. The molecule has 0 aromatic heterocycles. The Bertz CT molecular complexity index is 738. The highest BCUT2D eigenvalue weighted by Gasteiger charge is 2.26. The second-order valence-corrected chi connectivity index (χ2v) is 6.51. The van der Waals surface area contributed by atoms with Crippen molar-refractivity contribution in [1.82, 2.24) is 4.90 Å². The topological polar surface area (TPSA) is 96.0 Å². The summed E-state index contributed by atoms with van der Waals surface area (Å²) in [4.78, 5) is 12.8. The van der Waals surface area contributed by atoms with Crippen molar-refractivity contribution in [2.24, 2.45) is 0 Å². The molecule has 0 heterocycles. The van der Waals surface area contributed by atoms with Crippen LogP contribution >= 0.6 is 0 Å². The number of hydrogen-bond acceptors (Lipinski definition) is 4. The SMILES string of the molecule is CC(C)(C)N(Cc1cccc(Oc2cc(O)ccc2N)c1)C(=O)O. The van der Waals surface area contributed by atoms with Gasteiger partial charge in [-0.15, -0.1) is 0 Å². The molecule has 0 atom stereocenters. The van der Waals surface area contributed by atoms with E-state index in [0.29, 0.717) is 17.2 Å². The van der Waals surface area contributed by atoms with E-state index in [-0.39, 0.29) is 12.3 Å². The molecule has 0 aliphatic carbocycles. The molecule has 4 N–H and O–H groups in total. The molecule has 128 valence electrons. The van der Waals surface area contributed by atoms with E-state index in [1.807, 2.05) is 26.8 Å². The lowest BCUT2D eigenvalue weighted by atomic mass is 10.1. The molecule has 6 heteroatoms. The number of aromatic hydroxyl groups is 1. The van der Waals surface area contributed by atoms with Crippen molar-refractivity contribution >= 4 is 11.8 Å². The molecule has 0 saturated heterocycles. The maximum atomic E-state index is 11.5. The average molecular weight is 330 g/mol. The summed E-state index contributed by atoms with van der Waals surface area (Å²) in [6, 6.07) is 11.6. The summed E-state index contributed by atoms with van der Waals surface area (Å²) in [7, 11) is 0. The van der Waals surface area contributed by atoms with Gasteiger partial charge in [0.15, 0.2) is 5.75 Å². The second kappa shape index (κ2) is 6.70. The molecule has 0 aliphatic heterocycles. The van der Waals surface area contributed by atoms with Crippen molar-refractivity contribution in [2.45, 2.75) is 32.9 Å². The van der Waals surface area contributed by atoms with Gasteiger partial charge in [-0.05, 0) is 50.6 Å². The number of nitrogens with two attached hydrogens (primary N) is 1. The van der Waals surface area contributed by atoms with Gasteiger partial charge < -0.3 is 20.7 Å². The molecule has 0 bridgehead atoms. The van der Waals surface area contributed by atoms with Crippen LogP contribution in [0.5, 0.6) is 17.2 Å². The fraction of sp³-hybridized carbons (Fsp3) is 0.278. The molecule has 2 aromatic carbocycles. The van der Waals surface area contributed by atoms with E-state index in [4.69, 9.17) is 10.5 Å². The Hall–Kier alpha value is -2.89. The average Bonchev–Trinajstić information content (AvgIpc) is 2.47. The first-order valence-electron chi connectivity index (χ1n) is 7.52. The number of amides is 1. The molecular formula is C18H22N2O4. The van der Waals surface area contributed by atoms with Crippen LogP contribution in [0.15, 0.2) is 42.5 Å². The maximum Gasteiger partial charge on any atom is 0.408 e.